The van der Waals surface area contributed by atoms with Crippen molar-refractivity contribution in [2.24, 2.45) is 0 Å². The highest BCUT2D eigenvalue weighted by molar-refractivity contribution is 6.20. The van der Waals surface area contributed by atoms with E-state index in [0.717, 1.165) is 12.0 Å². The number of rotatable bonds is 4. The lowest BCUT2D eigenvalue weighted by Crippen LogP contribution is -1.96. The van der Waals surface area contributed by atoms with Crippen molar-refractivity contribution in [3.8, 4) is 0 Å². The van der Waals surface area contributed by atoms with Gasteiger partial charge in [0.2, 0.25) is 0 Å². The maximum atomic E-state index is 10.8. The molecule has 0 spiro atoms. The molecular weight excluding hydrogens is 196 g/mol. The van der Waals surface area contributed by atoms with Gasteiger partial charge in [0.05, 0.1) is 5.38 Å². The average Bonchev–Trinajstić information content (AvgIpc) is 2.14. The molecule has 0 amide bonds. The third-order valence-electron chi connectivity index (χ3n) is 2.15. The Morgan fingerprint density at radius 3 is 2.79 bits per heavy atom. The first-order valence-electron chi connectivity index (χ1n) is 4.79. The van der Waals surface area contributed by atoms with Crippen LogP contribution >= 0.6 is 11.6 Å². The molecule has 14 heavy (non-hydrogen) atoms. The second kappa shape index (κ2) is 5.16. The Kier molecular flexibility index (Phi) is 4.15. The summed E-state index contributed by atoms with van der Waals surface area (Å²) in [5.41, 5.74) is 2.31. The molecule has 0 aliphatic rings. The van der Waals surface area contributed by atoms with Crippen molar-refractivity contribution in [2.75, 3.05) is 0 Å². The highest BCUT2D eigenvalue weighted by Crippen LogP contribution is 2.25. The maximum Gasteiger partial charge on any atom is 0.129 e. The molecule has 76 valence electrons. The first-order valence-corrected chi connectivity index (χ1v) is 5.23. The van der Waals surface area contributed by atoms with Crippen LogP contribution in [-0.4, -0.2) is 5.78 Å². The zero-order valence-electron chi connectivity index (χ0n) is 8.59. The molecule has 0 heterocycles. The lowest BCUT2D eigenvalue weighted by Gasteiger charge is -2.08. The summed E-state index contributed by atoms with van der Waals surface area (Å²) < 4.78 is 0. The summed E-state index contributed by atoms with van der Waals surface area (Å²) in [5.74, 6) is 0.198. The molecular formula is C12H15ClO. The van der Waals surface area contributed by atoms with Crippen molar-refractivity contribution in [2.45, 2.75) is 32.1 Å². The molecule has 0 aliphatic heterocycles. The van der Waals surface area contributed by atoms with Crippen LogP contribution in [0.25, 0.3) is 0 Å². The van der Waals surface area contributed by atoms with Crippen LogP contribution in [0.2, 0.25) is 0 Å². The van der Waals surface area contributed by atoms with Crippen LogP contribution in [0.1, 0.15) is 36.3 Å². The highest BCUT2D eigenvalue weighted by Gasteiger charge is 2.08. The first kappa shape index (κ1) is 11.3. The van der Waals surface area contributed by atoms with Crippen molar-refractivity contribution >= 4 is 17.4 Å². The van der Waals surface area contributed by atoms with Gasteiger partial charge in [-0.15, -0.1) is 11.6 Å². The third kappa shape index (κ3) is 3.51. The second-order valence-corrected chi connectivity index (χ2v) is 4.15. The van der Waals surface area contributed by atoms with E-state index in [2.05, 4.69) is 6.07 Å². The van der Waals surface area contributed by atoms with Gasteiger partial charge in [0.15, 0.2) is 0 Å². The van der Waals surface area contributed by atoms with E-state index < -0.39 is 0 Å². The first-order chi connectivity index (χ1) is 6.59. The summed E-state index contributed by atoms with van der Waals surface area (Å²) in [6.45, 7) is 3.64. The van der Waals surface area contributed by atoms with Crippen molar-refractivity contribution in [1.29, 1.82) is 0 Å². The standard InChI is InChI=1S/C12H15ClO/c1-9-4-3-5-11(8-9)12(13)7-6-10(2)14/h3-5,8,12H,6-7H2,1-2H3. The molecule has 1 aromatic carbocycles. The Morgan fingerprint density at radius 1 is 1.50 bits per heavy atom. The molecule has 0 aromatic heterocycles. The quantitative estimate of drug-likeness (QED) is 0.694. The summed E-state index contributed by atoms with van der Waals surface area (Å²) in [6.07, 6.45) is 1.28. The highest BCUT2D eigenvalue weighted by atomic mass is 35.5. The lowest BCUT2D eigenvalue weighted by molar-refractivity contribution is -0.117. The molecule has 0 saturated carbocycles. The topological polar surface area (TPSA) is 17.1 Å². The van der Waals surface area contributed by atoms with Crippen LogP contribution in [0.5, 0.6) is 0 Å². The molecule has 0 saturated heterocycles. The normalized spacial score (nSPS) is 12.5. The fraction of sp³-hybridized carbons (Fsp3) is 0.417. The molecule has 0 radical (unpaired) electrons. The van der Waals surface area contributed by atoms with Gasteiger partial charge < -0.3 is 4.79 Å². The third-order valence-corrected chi connectivity index (χ3v) is 2.62. The molecule has 1 unspecified atom stereocenters. The van der Waals surface area contributed by atoms with Crippen LogP contribution in [0.3, 0.4) is 0 Å². The van der Waals surface area contributed by atoms with Gasteiger partial charge in [-0.2, -0.15) is 0 Å². The van der Waals surface area contributed by atoms with E-state index in [4.69, 9.17) is 11.6 Å². The van der Waals surface area contributed by atoms with Gasteiger partial charge in [-0.25, -0.2) is 0 Å². The SMILES string of the molecule is CC(=O)CCC(Cl)c1cccc(C)c1. The summed E-state index contributed by atoms with van der Waals surface area (Å²) >= 11 is 6.17. The van der Waals surface area contributed by atoms with Gasteiger partial charge in [0, 0.05) is 6.42 Å². The number of benzene rings is 1. The van der Waals surface area contributed by atoms with Crippen molar-refractivity contribution in [1.82, 2.24) is 0 Å². The predicted molar refractivity (Wildman–Crippen MR) is 59.7 cm³/mol. The Labute approximate surface area is 90.1 Å². The van der Waals surface area contributed by atoms with Gasteiger partial charge in [0.25, 0.3) is 0 Å². The van der Waals surface area contributed by atoms with Gasteiger partial charge in [-0.1, -0.05) is 29.8 Å². The summed E-state index contributed by atoms with van der Waals surface area (Å²) in [6, 6.07) is 8.11. The molecule has 1 nitrogen and oxygen atoms in total. The monoisotopic (exact) mass is 210 g/mol. The number of halogens is 1. The Balaban J connectivity index is 2.60. The molecule has 0 aliphatic carbocycles. The Hall–Kier alpha value is -0.820. The van der Waals surface area contributed by atoms with Crippen LogP contribution in [-0.2, 0) is 4.79 Å². The van der Waals surface area contributed by atoms with Crippen molar-refractivity contribution in [3.63, 3.8) is 0 Å². The smallest absolute Gasteiger partial charge is 0.129 e. The number of carbonyl (C=O) groups is 1. The van der Waals surface area contributed by atoms with Crippen LogP contribution < -0.4 is 0 Å². The fourth-order valence-electron chi connectivity index (χ4n) is 1.36. The van der Waals surface area contributed by atoms with Gasteiger partial charge >= 0.3 is 0 Å². The van der Waals surface area contributed by atoms with E-state index in [0.29, 0.717) is 6.42 Å². The van der Waals surface area contributed by atoms with E-state index in [-0.39, 0.29) is 11.2 Å². The van der Waals surface area contributed by atoms with Crippen molar-refractivity contribution in [3.05, 3.63) is 35.4 Å². The van der Waals surface area contributed by atoms with Gasteiger partial charge in [-0.05, 0) is 25.8 Å². The van der Waals surface area contributed by atoms with Crippen molar-refractivity contribution < 1.29 is 4.79 Å². The minimum absolute atomic E-state index is 0.0428. The molecule has 1 atom stereocenters. The fourth-order valence-corrected chi connectivity index (χ4v) is 1.61. The predicted octanol–water partition coefficient (Wildman–Crippen LogP) is 3.64. The largest absolute Gasteiger partial charge is 0.300 e. The second-order valence-electron chi connectivity index (χ2n) is 3.62. The summed E-state index contributed by atoms with van der Waals surface area (Å²) in [5, 5.41) is -0.0428. The summed E-state index contributed by atoms with van der Waals surface area (Å²) in [4.78, 5) is 10.8. The minimum atomic E-state index is -0.0428. The maximum absolute atomic E-state index is 10.8. The van der Waals surface area contributed by atoms with E-state index in [1.54, 1.807) is 6.92 Å². The number of ketones is 1. The van der Waals surface area contributed by atoms with E-state index >= 15 is 0 Å². The van der Waals surface area contributed by atoms with Gasteiger partial charge in [0.1, 0.15) is 5.78 Å². The minimum Gasteiger partial charge on any atom is -0.300 e. The number of Topliss-reactive ketones (excluding diaryl/α,β-unsaturated/α-hetero) is 1. The number of hydrogen-bond donors (Lipinski definition) is 0. The molecule has 0 fully saturated rings. The number of aryl methyl sites for hydroxylation is 1. The Morgan fingerprint density at radius 2 is 2.21 bits per heavy atom. The van der Waals surface area contributed by atoms with Crippen LogP contribution in [0.4, 0.5) is 0 Å². The van der Waals surface area contributed by atoms with Crippen LogP contribution in [0, 0.1) is 6.92 Å². The molecule has 1 aromatic rings. The van der Waals surface area contributed by atoms with Crippen LogP contribution in [0.15, 0.2) is 24.3 Å². The molecule has 1 rings (SSSR count). The van der Waals surface area contributed by atoms with E-state index in [9.17, 15) is 4.79 Å². The number of alkyl halides is 1. The zero-order valence-corrected chi connectivity index (χ0v) is 9.34. The van der Waals surface area contributed by atoms with E-state index in [1.165, 1.54) is 5.56 Å². The lowest BCUT2D eigenvalue weighted by atomic mass is 10.0. The molecule has 2 heteroatoms. The number of carbonyl (C=O) groups excluding carboxylic acids is 1. The summed E-state index contributed by atoms with van der Waals surface area (Å²) in [7, 11) is 0. The van der Waals surface area contributed by atoms with E-state index in [1.807, 2.05) is 25.1 Å². The molecule has 0 N–H and O–H groups in total. The zero-order chi connectivity index (χ0) is 10.6. The average molecular weight is 211 g/mol. The Bertz CT molecular complexity index is 320. The number of hydrogen-bond acceptors (Lipinski definition) is 1. The molecule has 0 bridgehead atoms. The van der Waals surface area contributed by atoms with Gasteiger partial charge in [-0.3, -0.25) is 0 Å².